The molecule has 4 rings (SSSR count). The Hall–Kier alpha value is -2.19. The van der Waals surface area contributed by atoms with E-state index in [0.717, 1.165) is 30.7 Å². The highest BCUT2D eigenvalue weighted by atomic mass is 32.1. The summed E-state index contributed by atoms with van der Waals surface area (Å²) in [5, 5.41) is 5.52. The van der Waals surface area contributed by atoms with E-state index in [4.69, 9.17) is 4.42 Å². The molecule has 3 aromatic rings. The summed E-state index contributed by atoms with van der Waals surface area (Å²) in [5.41, 5.74) is 0.744. The van der Waals surface area contributed by atoms with E-state index >= 15 is 0 Å². The molecule has 6 nitrogen and oxygen atoms in total. The van der Waals surface area contributed by atoms with E-state index in [9.17, 15) is 9.59 Å². The lowest BCUT2D eigenvalue weighted by Gasteiger charge is -2.32. The van der Waals surface area contributed by atoms with Crippen LogP contribution in [-0.2, 0) is 11.3 Å². The maximum absolute atomic E-state index is 12.5. The van der Waals surface area contributed by atoms with Crippen molar-refractivity contribution in [3.63, 3.8) is 0 Å². The number of hydrogen-bond donors (Lipinski definition) is 1. The van der Waals surface area contributed by atoms with E-state index in [-0.39, 0.29) is 16.6 Å². The zero-order valence-electron chi connectivity index (χ0n) is 13.4. The lowest BCUT2D eigenvalue weighted by Crippen LogP contribution is -2.43. The number of aromatic nitrogens is 1. The van der Waals surface area contributed by atoms with Crippen molar-refractivity contribution in [2.24, 2.45) is 5.92 Å². The Kier molecular flexibility index (Phi) is 4.54. The van der Waals surface area contributed by atoms with Gasteiger partial charge in [0.1, 0.15) is 10.5 Å². The topological polar surface area (TPSA) is 75.4 Å². The fourth-order valence-corrected chi connectivity index (χ4v) is 4.77. The van der Waals surface area contributed by atoms with Crippen molar-refractivity contribution in [3.8, 4) is 0 Å². The molecule has 8 heteroatoms. The van der Waals surface area contributed by atoms with Gasteiger partial charge in [0.15, 0.2) is 5.13 Å². The van der Waals surface area contributed by atoms with Crippen LogP contribution in [0, 0.1) is 5.92 Å². The van der Waals surface area contributed by atoms with E-state index in [1.807, 2.05) is 17.5 Å². The molecular formula is C17H17N3O3S2. The van der Waals surface area contributed by atoms with Gasteiger partial charge in [-0.1, -0.05) is 11.3 Å². The molecule has 130 valence electrons. The Balaban J connectivity index is 1.46. The van der Waals surface area contributed by atoms with Crippen LogP contribution in [0.15, 0.2) is 39.1 Å². The monoisotopic (exact) mass is 375 g/mol. The molecule has 0 bridgehead atoms. The SMILES string of the molecule is O=C(NCc1ccco1)C1CCCN(c2nc3ccsc3c(=O)s2)C1. The molecule has 1 unspecified atom stereocenters. The summed E-state index contributed by atoms with van der Waals surface area (Å²) in [7, 11) is 0. The highest BCUT2D eigenvalue weighted by molar-refractivity contribution is 7.21. The van der Waals surface area contributed by atoms with Crippen LogP contribution in [0.1, 0.15) is 18.6 Å². The Morgan fingerprint density at radius 3 is 3.20 bits per heavy atom. The maximum atomic E-state index is 12.5. The summed E-state index contributed by atoms with van der Waals surface area (Å²) in [4.78, 5) is 31.3. The lowest BCUT2D eigenvalue weighted by molar-refractivity contribution is -0.125. The van der Waals surface area contributed by atoms with Gasteiger partial charge in [0, 0.05) is 13.1 Å². The van der Waals surface area contributed by atoms with Crippen LogP contribution in [0.2, 0.25) is 0 Å². The van der Waals surface area contributed by atoms with Gasteiger partial charge in [-0.25, -0.2) is 4.98 Å². The Bertz CT molecular complexity index is 932. The van der Waals surface area contributed by atoms with E-state index in [1.165, 1.54) is 22.7 Å². The number of nitrogens with one attached hydrogen (secondary N) is 1. The summed E-state index contributed by atoms with van der Waals surface area (Å²) in [5.74, 6) is 0.653. The summed E-state index contributed by atoms with van der Waals surface area (Å²) >= 11 is 2.59. The summed E-state index contributed by atoms with van der Waals surface area (Å²) in [6, 6.07) is 5.51. The minimum absolute atomic E-state index is 0.0186. The first-order valence-corrected chi connectivity index (χ1v) is 9.84. The number of thiophene rings is 1. The van der Waals surface area contributed by atoms with Crippen molar-refractivity contribution in [1.29, 1.82) is 0 Å². The van der Waals surface area contributed by atoms with Crippen molar-refractivity contribution in [2.45, 2.75) is 19.4 Å². The minimum atomic E-state index is -0.106. The molecule has 1 aliphatic rings. The zero-order valence-corrected chi connectivity index (χ0v) is 15.1. The molecule has 1 fully saturated rings. The van der Waals surface area contributed by atoms with E-state index < -0.39 is 0 Å². The standard InChI is InChI=1S/C17H17N3O3S2/c21-15(18-9-12-4-2-7-23-12)11-3-1-6-20(10-11)17-19-13-5-8-24-14(13)16(22)25-17/h2,4-5,7-8,11H,1,3,6,9-10H2,(H,18,21). The number of anilines is 1. The highest BCUT2D eigenvalue weighted by Crippen LogP contribution is 2.26. The molecule has 0 saturated carbocycles. The smallest absolute Gasteiger partial charge is 0.255 e. The quantitative estimate of drug-likeness (QED) is 0.759. The van der Waals surface area contributed by atoms with Gasteiger partial charge in [-0.05, 0) is 36.4 Å². The molecule has 4 heterocycles. The number of nitrogens with zero attached hydrogens (tertiary/aromatic N) is 2. The van der Waals surface area contributed by atoms with Gasteiger partial charge in [0.25, 0.3) is 4.74 Å². The van der Waals surface area contributed by atoms with Crippen molar-refractivity contribution < 1.29 is 9.21 Å². The molecule has 3 aromatic heterocycles. The Morgan fingerprint density at radius 2 is 2.36 bits per heavy atom. The fraction of sp³-hybridized carbons (Fsp3) is 0.353. The van der Waals surface area contributed by atoms with Crippen molar-refractivity contribution in [2.75, 3.05) is 18.0 Å². The molecule has 1 N–H and O–H groups in total. The third-order valence-electron chi connectivity index (χ3n) is 4.31. The first-order valence-electron chi connectivity index (χ1n) is 8.14. The molecule has 0 radical (unpaired) electrons. The van der Waals surface area contributed by atoms with Gasteiger partial charge in [-0.15, -0.1) is 11.3 Å². The predicted octanol–water partition coefficient (Wildman–Crippen LogP) is 2.84. The largest absolute Gasteiger partial charge is 0.467 e. The molecule has 1 atom stereocenters. The van der Waals surface area contributed by atoms with Crippen LogP contribution in [0.4, 0.5) is 5.13 Å². The van der Waals surface area contributed by atoms with Gasteiger partial charge in [0.05, 0.1) is 24.2 Å². The van der Waals surface area contributed by atoms with Crippen LogP contribution in [0.5, 0.6) is 0 Å². The van der Waals surface area contributed by atoms with Crippen molar-refractivity contribution in [1.82, 2.24) is 10.3 Å². The number of carbonyl (C=O) groups is 1. The molecule has 0 aliphatic carbocycles. The second-order valence-corrected chi connectivity index (χ2v) is 7.86. The first kappa shape index (κ1) is 16.3. The zero-order chi connectivity index (χ0) is 17.2. The molecule has 1 aliphatic heterocycles. The second-order valence-electron chi connectivity index (χ2n) is 6.00. The van der Waals surface area contributed by atoms with E-state index in [0.29, 0.717) is 22.9 Å². The number of furan rings is 1. The van der Waals surface area contributed by atoms with Crippen LogP contribution >= 0.6 is 22.7 Å². The van der Waals surface area contributed by atoms with Crippen LogP contribution in [-0.4, -0.2) is 24.0 Å². The third kappa shape index (κ3) is 3.45. The average molecular weight is 375 g/mol. The van der Waals surface area contributed by atoms with Gasteiger partial charge in [0.2, 0.25) is 5.91 Å². The van der Waals surface area contributed by atoms with E-state index in [2.05, 4.69) is 15.2 Å². The van der Waals surface area contributed by atoms with Crippen molar-refractivity contribution >= 4 is 43.9 Å². The highest BCUT2D eigenvalue weighted by Gasteiger charge is 2.27. The van der Waals surface area contributed by atoms with Crippen molar-refractivity contribution in [3.05, 3.63) is 45.1 Å². The van der Waals surface area contributed by atoms with Gasteiger partial charge < -0.3 is 14.6 Å². The number of rotatable bonds is 4. The van der Waals surface area contributed by atoms with Crippen LogP contribution in [0.25, 0.3) is 10.2 Å². The number of piperidine rings is 1. The Labute approximate surface area is 152 Å². The van der Waals surface area contributed by atoms with Crippen LogP contribution in [0.3, 0.4) is 0 Å². The van der Waals surface area contributed by atoms with Gasteiger partial charge in [-0.3, -0.25) is 9.59 Å². The molecule has 0 spiro atoms. The Morgan fingerprint density at radius 1 is 1.44 bits per heavy atom. The summed E-state index contributed by atoms with van der Waals surface area (Å²) in [6.07, 6.45) is 3.34. The first-order chi connectivity index (χ1) is 12.2. The molecule has 1 amide bonds. The summed E-state index contributed by atoms with van der Waals surface area (Å²) < 4.78 is 5.99. The third-order valence-corrected chi connectivity index (χ3v) is 6.26. The minimum Gasteiger partial charge on any atom is -0.467 e. The molecule has 25 heavy (non-hydrogen) atoms. The molecular weight excluding hydrogens is 358 g/mol. The number of fused-ring (bicyclic) bond motifs is 1. The fourth-order valence-electron chi connectivity index (χ4n) is 3.03. The second kappa shape index (κ2) is 6.97. The molecule has 1 saturated heterocycles. The number of carbonyl (C=O) groups excluding carboxylic acids is 1. The van der Waals surface area contributed by atoms with Crippen LogP contribution < -0.4 is 15.0 Å². The number of hydrogen-bond acceptors (Lipinski definition) is 7. The number of amides is 1. The normalized spacial score (nSPS) is 17.8. The van der Waals surface area contributed by atoms with E-state index in [1.54, 1.807) is 12.3 Å². The summed E-state index contributed by atoms with van der Waals surface area (Å²) in [6.45, 7) is 1.80. The molecule has 0 aromatic carbocycles. The van der Waals surface area contributed by atoms with Gasteiger partial charge >= 0.3 is 0 Å². The van der Waals surface area contributed by atoms with Gasteiger partial charge in [-0.2, -0.15) is 0 Å². The lowest BCUT2D eigenvalue weighted by atomic mass is 9.97. The predicted molar refractivity (Wildman–Crippen MR) is 99.3 cm³/mol. The maximum Gasteiger partial charge on any atom is 0.255 e. The average Bonchev–Trinajstić information content (AvgIpc) is 3.31.